The van der Waals surface area contributed by atoms with Crippen LogP contribution >= 0.6 is 11.6 Å². The zero-order valence-corrected chi connectivity index (χ0v) is 10.7. The van der Waals surface area contributed by atoms with Crippen LogP contribution in [0.15, 0.2) is 0 Å². The summed E-state index contributed by atoms with van der Waals surface area (Å²) >= 11 is 6.26. The molecule has 2 unspecified atom stereocenters. The van der Waals surface area contributed by atoms with Gasteiger partial charge in [-0.25, -0.2) is 0 Å². The van der Waals surface area contributed by atoms with Crippen LogP contribution in [0.4, 0.5) is 0 Å². The predicted molar refractivity (Wildman–Crippen MR) is 64.7 cm³/mol. The van der Waals surface area contributed by atoms with Gasteiger partial charge < -0.3 is 5.11 Å². The van der Waals surface area contributed by atoms with Crippen LogP contribution in [-0.2, 0) is 13.0 Å². The van der Waals surface area contributed by atoms with Gasteiger partial charge in [0, 0.05) is 6.54 Å². The molecule has 1 aliphatic carbocycles. The maximum atomic E-state index is 9.52. The zero-order chi connectivity index (χ0) is 11.7. The molecule has 0 spiro atoms. The van der Waals surface area contributed by atoms with Crippen LogP contribution < -0.4 is 0 Å². The molecule has 4 heteroatoms. The average molecular weight is 243 g/mol. The summed E-state index contributed by atoms with van der Waals surface area (Å²) in [6.07, 6.45) is 3.78. The highest BCUT2D eigenvalue weighted by molar-refractivity contribution is 6.31. The van der Waals surface area contributed by atoms with Crippen molar-refractivity contribution in [2.45, 2.75) is 52.2 Å². The first kappa shape index (κ1) is 11.9. The van der Waals surface area contributed by atoms with Gasteiger partial charge in [0.15, 0.2) is 0 Å². The van der Waals surface area contributed by atoms with E-state index in [9.17, 15) is 5.11 Å². The number of aromatic nitrogens is 2. The van der Waals surface area contributed by atoms with Crippen LogP contribution in [0.1, 0.15) is 37.6 Å². The first-order chi connectivity index (χ1) is 7.61. The quantitative estimate of drug-likeness (QED) is 0.885. The molecule has 1 heterocycles. The Morgan fingerprint density at radius 2 is 2.25 bits per heavy atom. The fraction of sp³-hybridized carbons (Fsp3) is 0.750. The first-order valence-electron chi connectivity index (χ1n) is 6.01. The second-order valence-corrected chi connectivity index (χ2v) is 5.08. The van der Waals surface area contributed by atoms with Gasteiger partial charge in [-0.3, -0.25) is 4.68 Å². The molecular weight excluding hydrogens is 224 g/mol. The van der Waals surface area contributed by atoms with E-state index in [0.717, 1.165) is 48.6 Å². The summed E-state index contributed by atoms with van der Waals surface area (Å²) in [5, 5.41) is 14.7. The number of aryl methyl sites for hydroxylation is 2. The average Bonchev–Trinajstić information content (AvgIpc) is 2.77. The molecule has 2 atom stereocenters. The summed E-state index contributed by atoms with van der Waals surface area (Å²) < 4.78 is 1.99. The standard InChI is InChI=1S/C12H19ClN2O/c1-3-15-11(12(13)8(2)14-15)7-9-4-5-10(16)6-9/h9-10,16H,3-7H2,1-2H3. The molecule has 2 rings (SSSR count). The number of aliphatic hydroxyl groups is 1. The minimum absolute atomic E-state index is 0.108. The van der Waals surface area contributed by atoms with Gasteiger partial charge in [0.2, 0.25) is 0 Å². The summed E-state index contributed by atoms with van der Waals surface area (Å²) in [4.78, 5) is 0. The molecule has 1 N–H and O–H groups in total. The lowest BCUT2D eigenvalue weighted by atomic mass is 10.0. The highest BCUT2D eigenvalue weighted by Gasteiger charge is 2.25. The third kappa shape index (κ3) is 2.25. The normalized spacial score (nSPS) is 25.2. The lowest BCUT2D eigenvalue weighted by Gasteiger charge is -2.11. The monoisotopic (exact) mass is 242 g/mol. The second kappa shape index (κ2) is 4.76. The number of hydrogen-bond acceptors (Lipinski definition) is 2. The van der Waals surface area contributed by atoms with Crippen molar-refractivity contribution in [1.29, 1.82) is 0 Å². The molecule has 16 heavy (non-hydrogen) atoms. The minimum atomic E-state index is -0.108. The van der Waals surface area contributed by atoms with Crippen LogP contribution in [-0.4, -0.2) is 21.0 Å². The zero-order valence-electron chi connectivity index (χ0n) is 9.91. The third-order valence-electron chi connectivity index (χ3n) is 3.45. The van der Waals surface area contributed by atoms with E-state index < -0.39 is 0 Å². The Labute approximate surface area is 101 Å². The molecule has 1 aromatic rings. The van der Waals surface area contributed by atoms with Crippen molar-refractivity contribution < 1.29 is 5.11 Å². The Kier molecular flexibility index (Phi) is 3.55. The highest BCUT2D eigenvalue weighted by atomic mass is 35.5. The molecule has 0 aliphatic heterocycles. The van der Waals surface area contributed by atoms with Crippen LogP contribution in [0.3, 0.4) is 0 Å². The smallest absolute Gasteiger partial charge is 0.0847 e. The van der Waals surface area contributed by atoms with Crippen molar-refractivity contribution in [3.63, 3.8) is 0 Å². The van der Waals surface area contributed by atoms with Crippen molar-refractivity contribution in [2.24, 2.45) is 5.92 Å². The lowest BCUT2D eigenvalue weighted by molar-refractivity contribution is 0.177. The molecule has 0 amide bonds. The van der Waals surface area contributed by atoms with Gasteiger partial charge in [-0.1, -0.05) is 11.6 Å². The molecule has 0 saturated heterocycles. The van der Waals surface area contributed by atoms with E-state index in [1.54, 1.807) is 0 Å². The Morgan fingerprint density at radius 3 is 2.81 bits per heavy atom. The summed E-state index contributed by atoms with van der Waals surface area (Å²) in [6, 6.07) is 0. The number of rotatable bonds is 3. The van der Waals surface area contributed by atoms with Crippen LogP contribution in [0, 0.1) is 12.8 Å². The molecular formula is C12H19ClN2O. The number of nitrogens with zero attached hydrogens (tertiary/aromatic N) is 2. The Hall–Kier alpha value is -0.540. The van der Waals surface area contributed by atoms with Crippen molar-refractivity contribution in [1.82, 2.24) is 9.78 Å². The van der Waals surface area contributed by atoms with Crippen molar-refractivity contribution in [2.75, 3.05) is 0 Å². The molecule has 0 radical (unpaired) electrons. The molecule has 3 nitrogen and oxygen atoms in total. The van der Waals surface area contributed by atoms with Crippen LogP contribution in [0.2, 0.25) is 5.02 Å². The molecule has 0 aromatic carbocycles. The summed E-state index contributed by atoms with van der Waals surface area (Å²) in [5.74, 6) is 0.564. The van der Waals surface area contributed by atoms with Gasteiger partial charge in [-0.15, -0.1) is 0 Å². The van der Waals surface area contributed by atoms with Crippen molar-refractivity contribution in [3.8, 4) is 0 Å². The summed E-state index contributed by atoms with van der Waals surface area (Å²) in [5.41, 5.74) is 2.05. The van der Waals surface area contributed by atoms with Gasteiger partial charge in [0.05, 0.1) is 22.5 Å². The SMILES string of the molecule is CCn1nc(C)c(Cl)c1CC1CCC(O)C1. The van der Waals surface area contributed by atoms with E-state index in [1.807, 2.05) is 11.6 Å². The first-order valence-corrected chi connectivity index (χ1v) is 6.39. The van der Waals surface area contributed by atoms with E-state index in [1.165, 1.54) is 0 Å². The van der Waals surface area contributed by atoms with Crippen LogP contribution in [0.25, 0.3) is 0 Å². The maximum Gasteiger partial charge on any atom is 0.0847 e. The highest BCUT2D eigenvalue weighted by Crippen LogP contribution is 2.31. The molecule has 1 saturated carbocycles. The number of aliphatic hydroxyl groups excluding tert-OH is 1. The van der Waals surface area contributed by atoms with E-state index in [4.69, 9.17) is 11.6 Å². The Morgan fingerprint density at radius 1 is 1.50 bits per heavy atom. The fourth-order valence-electron chi connectivity index (χ4n) is 2.57. The Bertz CT molecular complexity index is 375. The molecule has 1 aliphatic rings. The van der Waals surface area contributed by atoms with Gasteiger partial charge in [0.25, 0.3) is 0 Å². The molecule has 0 bridgehead atoms. The van der Waals surface area contributed by atoms with Gasteiger partial charge in [0.1, 0.15) is 0 Å². The summed E-state index contributed by atoms with van der Waals surface area (Å²) in [7, 11) is 0. The topological polar surface area (TPSA) is 38.0 Å². The minimum Gasteiger partial charge on any atom is -0.393 e. The van der Waals surface area contributed by atoms with E-state index >= 15 is 0 Å². The number of halogens is 1. The third-order valence-corrected chi connectivity index (χ3v) is 3.94. The fourth-order valence-corrected chi connectivity index (χ4v) is 2.78. The van der Waals surface area contributed by atoms with E-state index in [0.29, 0.717) is 5.92 Å². The van der Waals surface area contributed by atoms with Gasteiger partial charge >= 0.3 is 0 Å². The summed E-state index contributed by atoms with van der Waals surface area (Å²) in [6.45, 7) is 4.88. The maximum absolute atomic E-state index is 9.52. The van der Waals surface area contributed by atoms with Crippen LogP contribution in [0.5, 0.6) is 0 Å². The molecule has 1 aromatic heterocycles. The lowest BCUT2D eigenvalue weighted by Crippen LogP contribution is -2.09. The van der Waals surface area contributed by atoms with Gasteiger partial charge in [-0.05, 0) is 45.4 Å². The van der Waals surface area contributed by atoms with E-state index in [2.05, 4.69) is 12.0 Å². The molecule has 90 valence electrons. The number of hydrogen-bond donors (Lipinski definition) is 1. The predicted octanol–water partition coefficient (Wildman–Crippen LogP) is 2.57. The second-order valence-electron chi connectivity index (χ2n) is 4.70. The Balaban J connectivity index is 2.14. The van der Waals surface area contributed by atoms with E-state index in [-0.39, 0.29) is 6.10 Å². The van der Waals surface area contributed by atoms with Crippen molar-refractivity contribution >= 4 is 11.6 Å². The van der Waals surface area contributed by atoms with Crippen molar-refractivity contribution in [3.05, 3.63) is 16.4 Å². The van der Waals surface area contributed by atoms with Gasteiger partial charge in [-0.2, -0.15) is 5.10 Å². The largest absolute Gasteiger partial charge is 0.393 e. The molecule has 1 fully saturated rings.